The van der Waals surface area contributed by atoms with Gasteiger partial charge < -0.3 is 10.6 Å². The Hall–Kier alpha value is -2.08. The van der Waals surface area contributed by atoms with Crippen LogP contribution in [-0.4, -0.2) is 24.2 Å². The van der Waals surface area contributed by atoms with Gasteiger partial charge in [-0.15, -0.1) is 0 Å². The average Bonchev–Trinajstić information content (AvgIpc) is 2.31. The lowest BCUT2D eigenvalue weighted by atomic mass is 10.1. The highest BCUT2D eigenvalue weighted by atomic mass is 16.5. The van der Waals surface area contributed by atoms with Crippen LogP contribution < -0.4 is 16.1 Å². The van der Waals surface area contributed by atoms with E-state index in [0.29, 0.717) is 5.69 Å². The van der Waals surface area contributed by atoms with Crippen LogP contribution in [-0.2, 0) is 11.2 Å². The second-order valence-electron chi connectivity index (χ2n) is 3.11. The van der Waals surface area contributed by atoms with E-state index < -0.39 is 5.91 Å². The number of hydrogen-bond acceptors (Lipinski definition) is 3. The highest BCUT2D eigenvalue weighted by molar-refractivity contribution is 5.89. The van der Waals surface area contributed by atoms with Gasteiger partial charge in [0.25, 0.3) is 0 Å². The maximum atomic E-state index is 11.0. The van der Waals surface area contributed by atoms with Crippen molar-refractivity contribution in [1.82, 2.24) is 10.8 Å². The van der Waals surface area contributed by atoms with Gasteiger partial charge in [0.1, 0.15) is 0 Å². The van der Waals surface area contributed by atoms with E-state index in [1.807, 2.05) is 0 Å². The van der Waals surface area contributed by atoms with Crippen molar-refractivity contribution < 1.29 is 14.8 Å². The Morgan fingerprint density at radius 1 is 1.25 bits per heavy atom. The van der Waals surface area contributed by atoms with Crippen molar-refractivity contribution in [2.75, 3.05) is 12.4 Å². The number of hydrogen-bond donors (Lipinski definition) is 4. The molecule has 0 aliphatic rings. The maximum absolute atomic E-state index is 11.0. The Morgan fingerprint density at radius 2 is 1.88 bits per heavy atom. The number of rotatable bonds is 3. The van der Waals surface area contributed by atoms with Crippen LogP contribution in [0.25, 0.3) is 0 Å². The minimum absolute atomic E-state index is 0.0940. The van der Waals surface area contributed by atoms with Gasteiger partial charge in [-0.3, -0.25) is 10.0 Å². The Bertz CT molecular complexity index is 338. The first-order valence-electron chi connectivity index (χ1n) is 4.66. The van der Waals surface area contributed by atoms with Crippen molar-refractivity contribution >= 4 is 17.6 Å². The Balaban J connectivity index is 2.60. The van der Waals surface area contributed by atoms with Crippen molar-refractivity contribution in [3.63, 3.8) is 0 Å². The number of anilines is 1. The first-order valence-corrected chi connectivity index (χ1v) is 4.66. The summed E-state index contributed by atoms with van der Waals surface area (Å²) in [6, 6.07) is 6.44. The molecule has 0 bridgehead atoms. The van der Waals surface area contributed by atoms with Gasteiger partial charge in [0, 0.05) is 12.7 Å². The molecular formula is C10H13N3O3. The summed E-state index contributed by atoms with van der Waals surface area (Å²) >= 11 is 0. The smallest absolute Gasteiger partial charge is 0.318 e. The Morgan fingerprint density at radius 3 is 2.38 bits per heavy atom. The fraction of sp³-hybridized carbons (Fsp3) is 0.200. The number of carbonyl (C=O) groups is 2. The number of amides is 3. The molecule has 0 fully saturated rings. The molecule has 0 spiro atoms. The SMILES string of the molecule is CNC(=O)Nc1ccc(CC(=O)NO)cc1. The minimum Gasteiger partial charge on any atom is -0.341 e. The van der Waals surface area contributed by atoms with Gasteiger partial charge in [-0.2, -0.15) is 0 Å². The lowest BCUT2D eigenvalue weighted by molar-refractivity contribution is -0.128. The van der Waals surface area contributed by atoms with Crippen molar-refractivity contribution in [3.8, 4) is 0 Å². The highest BCUT2D eigenvalue weighted by Crippen LogP contribution is 2.09. The predicted molar refractivity (Wildman–Crippen MR) is 58.2 cm³/mol. The Labute approximate surface area is 92.6 Å². The standard InChI is InChI=1S/C10H13N3O3/c1-11-10(15)12-8-4-2-7(3-5-8)6-9(14)13-16/h2-5,16H,6H2,1H3,(H,13,14)(H2,11,12,15). The lowest BCUT2D eigenvalue weighted by Crippen LogP contribution is -2.24. The molecule has 3 amide bonds. The molecule has 0 heterocycles. The van der Waals surface area contributed by atoms with Crippen LogP contribution in [0.1, 0.15) is 5.56 Å². The molecule has 0 saturated carbocycles. The van der Waals surface area contributed by atoms with Crippen LogP contribution in [0, 0.1) is 0 Å². The summed E-state index contributed by atoms with van der Waals surface area (Å²) in [5.41, 5.74) is 2.93. The zero-order chi connectivity index (χ0) is 12.0. The summed E-state index contributed by atoms with van der Waals surface area (Å²) in [5.74, 6) is -0.480. The van der Waals surface area contributed by atoms with Crippen LogP contribution in [0.2, 0.25) is 0 Å². The molecule has 0 aromatic heterocycles. The van der Waals surface area contributed by atoms with Gasteiger partial charge in [-0.25, -0.2) is 10.3 Å². The monoisotopic (exact) mass is 223 g/mol. The summed E-state index contributed by atoms with van der Waals surface area (Å²) < 4.78 is 0. The van der Waals surface area contributed by atoms with E-state index in [0.717, 1.165) is 5.56 Å². The average molecular weight is 223 g/mol. The number of benzene rings is 1. The molecule has 4 N–H and O–H groups in total. The normalized spacial score (nSPS) is 9.38. The first kappa shape index (κ1) is 12.0. The molecule has 0 aliphatic heterocycles. The quantitative estimate of drug-likeness (QED) is 0.444. The number of urea groups is 1. The van der Waals surface area contributed by atoms with Crippen LogP contribution in [0.5, 0.6) is 0 Å². The van der Waals surface area contributed by atoms with Gasteiger partial charge in [0.05, 0.1) is 6.42 Å². The van der Waals surface area contributed by atoms with Gasteiger partial charge >= 0.3 is 6.03 Å². The topological polar surface area (TPSA) is 90.5 Å². The van der Waals surface area contributed by atoms with Gasteiger partial charge in [0.15, 0.2) is 0 Å². The van der Waals surface area contributed by atoms with E-state index in [4.69, 9.17) is 5.21 Å². The van der Waals surface area contributed by atoms with E-state index in [1.165, 1.54) is 7.05 Å². The van der Waals surface area contributed by atoms with E-state index >= 15 is 0 Å². The third-order valence-electron chi connectivity index (χ3n) is 1.93. The fourth-order valence-corrected chi connectivity index (χ4v) is 1.12. The molecule has 0 saturated heterocycles. The molecule has 86 valence electrons. The van der Waals surface area contributed by atoms with E-state index in [1.54, 1.807) is 29.7 Å². The van der Waals surface area contributed by atoms with Gasteiger partial charge in [0.2, 0.25) is 5.91 Å². The first-order chi connectivity index (χ1) is 7.65. The Kier molecular flexibility index (Phi) is 4.28. The molecule has 0 radical (unpaired) electrons. The molecule has 1 rings (SSSR count). The maximum Gasteiger partial charge on any atom is 0.318 e. The number of hydroxylamine groups is 1. The third kappa shape index (κ3) is 3.58. The van der Waals surface area contributed by atoms with E-state index in [2.05, 4.69) is 10.6 Å². The fourth-order valence-electron chi connectivity index (χ4n) is 1.12. The van der Waals surface area contributed by atoms with Gasteiger partial charge in [-0.05, 0) is 17.7 Å². The van der Waals surface area contributed by atoms with Crippen LogP contribution in [0.3, 0.4) is 0 Å². The van der Waals surface area contributed by atoms with E-state index in [9.17, 15) is 9.59 Å². The molecular weight excluding hydrogens is 210 g/mol. The summed E-state index contributed by atoms with van der Waals surface area (Å²) in [5, 5.41) is 13.3. The van der Waals surface area contributed by atoms with Crippen molar-refractivity contribution in [1.29, 1.82) is 0 Å². The molecule has 6 nitrogen and oxygen atoms in total. The molecule has 0 unspecified atom stereocenters. The minimum atomic E-state index is -0.480. The predicted octanol–water partition coefficient (Wildman–Crippen LogP) is 0.486. The second kappa shape index (κ2) is 5.72. The zero-order valence-electron chi connectivity index (χ0n) is 8.78. The van der Waals surface area contributed by atoms with Crippen molar-refractivity contribution in [3.05, 3.63) is 29.8 Å². The third-order valence-corrected chi connectivity index (χ3v) is 1.93. The summed E-state index contributed by atoms with van der Waals surface area (Å²) in [6.07, 6.45) is 0.0940. The number of nitrogens with one attached hydrogen (secondary N) is 3. The van der Waals surface area contributed by atoms with E-state index in [-0.39, 0.29) is 12.5 Å². The molecule has 1 aromatic rings. The summed E-state index contributed by atoms with van der Waals surface area (Å²) in [4.78, 5) is 21.8. The lowest BCUT2D eigenvalue weighted by Gasteiger charge is -2.05. The molecule has 16 heavy (non-hydrogen) atoms. The molecule has 0 atom stereocenters. The van der Waals surface area contributed by atoms with Crippen molar-refractivity contribution in [2.24, 2.45) is 0 Å². The molecule has 0 aliphatic carbocycles. The molecule has 6 heteroatoms. The largest absolute Gasteiger partial charge is 0.341 e. The zero-order valence-corrected chi connectivity index (χ0v) is 8.78. The highest BCUT2D eigenvalue weighted by Gasteiger charge is 2.02. The summed E-state index contributed by atoms with van der Waals surface area (Å²) in [6.45, 7) is 0. The van der Waals surface area contributed by atoms with Crippen LogP contribution in [0.4, 0.5) is 10.5 Å². The molecule has 1 aromatic carbocycles. The summed E-state index contributed by atoms with van der Waals surface area (Å²) in [7, 11) is 1.52. The van der Waals surface area contributed by atoms with Crippen molar-refractivity contribution in [2.45, 2.75) is 6.42 Å². The van der Waals surface area contributed by atoms with Crippen LogP contribution in [0.15, 0.2) is 24.3 Å². The van der Waals surface area contributed by atoms with Crippen LogP contribution >= 0.6 is 0 Å². The second-order valence-corrected chi connectivity index (χ2v) is 3.11. The van der Waals surface area contributed by atoms with Gasteiger partial charge in [-0.1, -0.05) is 12.1 Å². The number of carbonyl (C=O) groups excluding carboxylic acids is 2.